The van der Waals surface area contributed by atoms with E-state index in [2.05, 4.69) is 10.2 Å². The van der Waals surface area contributed by atoms with Crippen LogP contribution in [0.25, 0.3) is 0 Å². The molecule has 7 nitrogen and oxygen atoms in total. The number of carbonyl (C=O) groups is 2. The Hall–Kier alpha value is -4.00. The number of ether oxygens (including phenoxy) is 1. The summed E-state index contributed by atoms with van der Waals surface area (Å²) in [4.78, 5) is 28.1. The standard InChI is InChI=1S/C24H23N3O4/c28-21-8-4-7-19(13-21)24(30)25-14-23(29)27-16-26(17-27)20-9-11-22(12-10-20)31-15-18-5-2-1-3-6-18/h1-13,28H,14-17H2,(H,25,30). The molecule has 0 unspecified atom stereocenters. The van der Waals surface area contributed by atoms with Gasteiger partial charge in [-0.05, 0) is 48.0 Å². The molecule has 31 heavy (non-hydrogen) atoms. The maximum absolute atomic E-state index is 12.3. The normalized spacial score (nSPS) is 12.8. The molecule has 0 bridgehead atoms. The number of benzene rings is 3. The van der Waals surface area contributed by atoms with Crippen LogP contribution in [0.3, 0.4) is 0 Å². The van der Waals surface area contributed by atoms with Gasteiger partial charge in [-0.2, -0.15) is 0 Å². The van der Waals surface area contributed by atoms with Gasteiger partial charge in [0, 0.05) is 11.3 Å². The van der Waals surface area contributed by atoms with Gasteiger partial charge in [-0.25, -0.2) is 0 Å². The maximum Gasteiger partial charge on any atom is 0.251 e. The van der Waals surface area contributed by atoms with Crippen molar-refractivity contribution in [3.8, 4) is 11.5 Å². The highest BCUT2D eigenvalue weighted by molar-refractivity contribution is 5.96. The molecule has 158 valence electrons. The van der Waals surface area contributed by atoms with Crippen LogP contribution in [0.1, 0.15) is 15.9 Å². The predicted octanol–water partition coefficient (Wildman–Crippen LogP) is 2.96. The number of phenolic OH excluding ortho intramolecular Hbond substituents is 1. The SMILES string of the molecule is O=C(NCC(=O)N1CN(c2ccc(OCc3ccccc3)cc2)C1)c1cccc(O)c1. The van der Waals surface area contributed by atoms with E-state index in [-0.39, 0.29) is 18.2 Å². The molecule has 1 heterocycles. The van der Waals surface area contributed by atoms with Gasteiger partial charge in [0.15, 0.2) is 0 Å². The van der Waals surface area contributed by atoms with Crippen LogP contribution < -0.4 is 15.0 Å². The molecule has 1 aliphatic heterocycles. The third-order valence-corrected chi connectivity index (χ3v) is 4.99. The summed E-state index contributed by atoms with van der Waals surface area (Å²) in [6.07, 6.45) is 0. The van der Waals surface area contributed by atoms with E-state index in [4.69, 9.17) is 4.74 Å². The fourth-order valence-electron chi connectivity index (χ4n) is 3.20. The lowest BCUT2D eigenvalue weighted by atomic mass is 10.2. The number of phenols is 1. The van der Waals surface area contributed by atoms with Crippen molar-refractivity contribution in [1.29, 1.82) is 0 Å². The summed E-state index contributed by atoms with van der Waals surface area (Å²) in [6.45, 7) is 1.35. The van der Waals surface area contributed by atoms with E-state index in [0.29, 0.717) is 25.5 Å². The number of aromatic hydroxyl groups is 1. The van der Waals surface area contributed by atoms with Crippen molar-refractivity contribution < 1.29 is 19.4 Å². The zero-order chi connectivity index (χ0) is 21.6. The van der Waals surface area contributed by atoms with Gasteiger partial charge in [-0.15, -0.1) is 0 Å². The van der Waals surface area contributed by atoms with Gasteiger partial charge in [0.2, 0.25) is 5.91 Å². The minimum atomic E-state index is -0.396. The Morgan fingerprint density at radius 3 is 2.39 bits per heavy atom. The molecule has 3 aromatic carbocycles. The number of rotatable bonds is 7. The summed E-state index contributed by atoms with van der Waals surface area (Å²) < 4.78 is 5.80. The smallest absolute Gasteiger partial charge is 0.251 e. The molecule has 2 N–H and O–H groups in total. The summed E-state index contributed by atoms with van der Waals surface area (Å²) in [7, 11) is 0. The third kappa shape index (κ3) is 5.14. The Balaban J connectivity index is 1.21. The lowest BCUT2D eigenvalue weighted by molar-refractivity contribution is -0.133. The van der Waals surface area contributed by atoms with Crippen LogP contribution in [0.15, 0.2) is 78.9 Å². The molecule has 0 radical (unpaired) electrons. The Morgan fingerprint density at radius 2 is 1.68 bits per heavy atom. The van der Waals surface area contributed by atoms with E-state index in [1.165, 1.54) is 12.1 Å². The molecule has 0 spiro atoms. The highest BCUT2D eigenvalue weighted by Crippen LogP contribution is 2.24. The van der Waals surface area contributed by atoms with Gasteiger partial charge in [0.1, 0.15) is 18.1 Å². The second-order valence-corrected chi connectivity index (χ2v) is 7.26. The Morgan fingerprint density at radius 1 is 0.935 bits per heavy atom. The van der Waals surface area contributed by atoms with Gasteiger partial charge in [0.05, 0.1) is 19.9 Å². The third-order valence-electron chi connectivity index (χ3n) is 4.99. The van der Waals surface area contributed by atoms with Crippen molar-refractivity contribution in [2.24, 2.45) is 0 Å². The maximum atomic E-state index is 12.3. The van der Waals surface area contributed by atoms with Crippen LogP contribution >= 0.6 is 0 Å². The first-order valence-electron chi connectivity index (χ1n) is 9.95. The van der Waals surface area contributed by atoms with Gasteiger partial charge < -0.3 is 25.0 Å². The molecule has 1 aliphatic rings. The highest BCUT2D eigenvalue weighted by atomic mass is 16.5. The quantitative estimate of drug-likeness (QED) is 0.618. The molecule has 2 amide bonds. The van der Waals surface area contributed by atoms with Crippen molar-refractivity contribution in [2.75, 3.05) is 24.8 Å². The minimum absolute atomic E-state index is 0.00819. The van der Waals surface area contributed by atoms with Gasteiger partial charge in [-0.1, -0.05) is 36.4 Å². The van der Waals surface area contributed by atoms with Crippen molar-refractivity contribution in [2.45, 2.75) is 6.61 Å². The van der Waals surface area contributed by atoms with E-state index < -0.39 is 5.91 Å². The van der Waals surface area contributed by atoms with Crippen LogP contribution in [-0.2, 0) is 11.4 Å². The first-order valence-corrected chi connectivity index (χ1v) is 9.95. The first-order chi connectivity index (χ1) is 15.1. The number of nitrogens with zero attached hydrogens (tertiary/aromatic N) is 2. The van der Waals surface area contributed by atoms with Crippen LogP contribution in [0.5, 0.6) is 11.5 Å². The Kier molecular flexibility index (Phi) is 6.03. The fraction of sp³-hybridized carbons (Fsp3) is 0.167. The summed E-state index contributed by atoms with van der Waals surface area (Å²) in [5.74, 6) is 0.241. The van der Waals surface area contributed by atoms with Gasteiger partial charge in [0.25, 0.3) is 5.91 Å². The molecular formula is C24H23N3O4. The average molecular weight is 417 g/mol. The lowest BCUT2D eigenvalue weighted by Gasteiger charge is -2.44. The average Bonchev–Trinajstić information content (AvgIpc) is 2.76. The van der Waals surface area contributed by atoms with E-state index in [9.17, 15) is 14.7 Å². The molecule has 1 fully saturated rings. The molecule has 4 rings (SSSR count). The Bertz CT molecular complexity index is 1050. The monoisotopic (exact) mass is 417 g/mol. The predicted molar refractivity (Wildman–Crippen MR) is 117 cm³/mol. The summed E-state index contributed by atoms with van der Waals surface area (Å²) in [6, 6.07) is 23.7. The molecule has 0 aromatic heterocycles. The topological polar surface area (TPSA) is 82.1 Å². The number of hydrogen-bond donors (Lipinski definition) is 2. The van der Waals surface area contributed by atoms with Crippen molar-refractivity contribution in [1.82, 2.24) is 10.2 Å². The van der Waals surface area contributed by atoms with Crippen LogP contribution in [0, 0.1) is 0 Å². The molecule has 0 saturated carbocycles. The highest BCUT2D eigenvalue weighted by Gasteiger charge is 2.28. The van der Waals surface area contributed by atoms with Crippen LogP contribution in [0.2, 0.25) is 0 Å². The zero-order valence-corrected chi connectivity index (χ0v) is 16.9. The number of hydrogen-bond acceptors (Lipinski definition) is 5. The summed E-state index contributed by atoms with van der Waals surface area (Å²) >= 11 is 0. The van der Waals surface area contributed by atoms with Crippen LogP contribution in [-0.4, -0.2) is 41.7 Å². The Labute approximate surface area is 180 Å². The van der Waals surface area contributed by atoms with Gasteiger partial charge >= 0.3 is 0 Å². The molecule has 1 saturated heterocycles. The number of amides is 2. The molecule has 3 aromatic rings. The van der Waals surface area contributed by atoms with Crippen LogP contribution in [0.4, 0.5) is 5.69 Å². The van der Waals surface area contributed by atoms with Crippen molar-refractivity contribution >= 4 is 17.5 Å². The molecule has 0 atom stereocenters. The second-order valence-electron chi connectivity index (χ2n) is 7.26. The lowest BCUT2D eigenvalue weighted by Crippen LogP contribution is -2.59. The second kappa shape index (κ2) is 9.21. The van der Waals surface area contributed by atoms with Crippen molar-refractivity contribution in [3.05, 3.63) is 90.0 Å². The largest absolute Gasteiger partial charge is 0.508 e. The van der Waals surface area contributed by atoms with E-state index in [1.54, 1.807) is 17.0 Å². The van der Waals surface area contributed by atoms with E-state index >= 15 is 0 Å². The number of anilines is 1. The van der Waals surface area contributed by atoms with Crippen molar-refractivity contribution in [3.63, 3.8) is 0 Å². The summed E-state index contributed by atoms with van der Waals surface area (Å²) in [5, 5.41) is 12.0. The molecule has 7 heteroatoms. The number of nitrogens with one attached hydrogen (secondary N) is 1. The van der Waals surface area contributed by atoms with E-state index in [1.807, 2.05) is 54.6 Å². The minimum Gasteiger partial charge on any atom is -0.508 e. The van der Waals surface area contributed by atoms with Gasteiger partial charge in [-0.3, -0.25) is 9.59 Å². The first kappa shape index (κ1) is 20.3. The van der Waals surface area contributed by atoms with E-state index in [0.717, 1.165) is 17.0 Å². The number of carbonyl (C=O) groups excluding carboxylic acids is 2. The molecule has 0 aliphatic carbocycles. The zero-order valence-electron chi connectivity index (χ0n) is 16.9. The molecular weight excluding hydrogens is 394 g/mol. The summed E-state index contributed by atoms with van der Waals surface area (Å²) in [5.41, 5.74) is 2.42. The fourth-order valence-corrected chi connectivity index (χ4v) is 3.20.